The van der Waals surface area contributed by atoms with Gasteiger partial charge in [0.2, 0.25) is 5.89 Å². The van der Waals surface area contributed by atoms with Gasteiger partial charge in [0.1, 0.15) is 11.5 Å². The summed E-state index contributed by atoms with van der Waals surface area (Å²) in [4.78, 5) is 20.7. The van der Waals surface area contributed by atoms with Gasteiger partial charge in [-0.1, -0.05) is 29.4 Å². The lowest BCUT2D eigenvalue weighted by Crippen LogP contribution is -2.14. The van der Waals surface area contributed by atoms with Crippen LogP contribution in [0, 0.1) is 5.82 Å². The average molecular weight is 349 g/mol. The fourth-order valence-corrected chi connectivity index (χ4v) is 2.38. The fourth-order valence-electron chi connectivity index (χ4n) is 2.38. The fraction of sp³-hybridized carbons (Fsp3) is 0.0556. The number of para-hydroxylation sites is 2. The summed E-state index contributed by atoms with van der Waals surface area (Å²) in [5.41, 5.74) is 2.27. The summed E-state index contributed by atoms with van der Waals surface area (Å²) >= 11 is 0. The predicted octanol–water partition coefficient (Wildman–Crippen LogP) is 3.00. The molecule has 8 heteroatoms. The van der Waals surface area contributed by atoms with Crippen molar-refractivity contribution in [2.24, 2.45) is 0 Å². The van der Waals surface area contributed by atoms with Crippen LogP contribution in [0.25, 0.3) is 11.0 Å². The number of carbonyl (C=O) groups is 1. The molecular weight excluding hydrogens is 337 g/mol. The molecule has 2 aromatic heterocycles. The lowest BCUT2D eigenvalue weighted by molar-refractivity contribution is 0.101. The Morgan fingerprint density at radius 2 is 1.81 bits per heavy atom. The number of carbonyl (C=O) groups excluding carboxylic acids is 1. The SMILES string of the molecule is O=C(Nc1nnc(Cc2ccc(F)cc2)o1)c1cnc2ccccc2n1. The molecular formula is C18H12FN5O2. The van der Waals surface area contributed by atoms with Gasteiger partial charge in [0.15, 0.2) is 0 Å². The Morgan fingerprint density at radius 3 is 2.62 bits per heavy atom. The topological polar surface area (TPSA) is 93.8 Å². The maximum absolute atomic E-state index is 12.9. The van der Waals surface area contributed by atoms with Gasteiger partial charge in [0, 0.05) is 0 Å². The zero-order chi connectivity index (χ0) is 17.9. The number of fused-ring (bicyclic) bond motifs is 1. The molecule has 2 heterocycles. The van der Waals surface area contributed by atoms with Gasteiger partial charge in [-0.15, -0.1) is 5.10 Å². The lowest BCUT2D eigenvalue weighted by Gasteiger charge is -2.01. The third-order valence-corrected chi connectivity index (χ3v) is 3.64. The zero-order valence-electron chi connectivity index (χ0n) is 13.4. The van der Waals surface area contributed by atoms with Crippen LogP contribution in [-0.2, 0) is 6.42 Å². The van der Waals surface area contributed by atoms with Gasteiger partial charge in [-0.2, -0.15) is 0 Å². The standard InChI is InChI=1S/C18H12FN5O2/c19-12-7-5-11(6-8-12)9-16-23-24-18(26-16)22-17(25)15-10-20-13-3-1-2-4-14(13)21-15/h1-8,10H,9H2,(H,22,24,25). The first-order chi connectivity index (χ1) is 12.7. The second-order valence-corrected chi connectivity index (χ2v) is 5.50. The van der Waals surface area contributed by atoms with Crippen LogP contribution in [0.5, 0.6) is 0 Å². The van der Waals surface area contributed by atoms with E-state index in [2.05, 4.69) is 25.5 Å². The Labute approximate surface area is 146 Å². The smallest absolute Gasteiger partial charge is 0.322 e. The summed E-state index contributed by atoms with van der Waals surface area (Å²) < 4.78 is 18.3. The van der Waals surface area contributed by atoms with Gasteiger partial charge in [-0.3, -0.25) is 15.1 Å². The van der Waals surface area contributed by atoms with Crippen molar-refractivity contribution in [3.63, 3.8) is 0 Å². The van der Waals surface area contributed by atoms with E-state index in [9.17, 15) is 9.18 Å². The highest BCUT2D eigenvalue weighted by molar-refractivity contribution is 6.02. The normalized spacial score (nSPS) is 10.8. The van der Waals surface area contributed by atoms with Crippen molar-refractivity contribution in [3.8, 4) is 0 Å². The Kier molecular flexibility index (Phi) is 4.06. The molecule has 7 nitrogen and oxygen atoms in total. The first-order valence-electron chi connectivity index (χ1n) is 7.77. The Hall–Kier alpha value is -3.68. The minimum atomic E-state index is -0.500. The van der Waals surface area contributed by atoms with E-state index in [4.69, 9.17) is 4.42 Å². The van der Waals surface area contributed by atoms with Crippen molar-refractivity contribution in [2.75, 3.05) is 5.32 Å². The van der Waals surface area contributed by atoms with Crippen LogP contribution in [0.2, 0.25) is 0 Å². The van der Waals surface area contributed by atoms with Crippen LogP contribution in [-0.4, -0.2) is 26.1 Å². The second-order valence-electron chi connectivity index (χ2n) is 5.50. The number of nitrogens with one attached hydrogen (secondary N) is 1. The molecule has 0 radical (unpaired) electrons. The molecule has 0 spiro atoms. The Morgan fingerprint density at radius 1 is 1.04 bits per heavy atom. The van der Waals surface area contributed by atoms with Crippen LogP contribution < -0.4 is 5.32 Å². The molecule has 1 N–H and O–H groups in total. The van der Waals surface area contributed by atoms with Crippen molar-refractivity contribution < 1.29 is 13.6 Å². The summed E-state index contributed by atoms with van der Waals surface area (Å²) in [6.07, 6.45) is 1.71. The number of halogens is 1. The highest BCUT2D eigenvalue weighted by Crippen LogP contribution is 2.13. The summed E-state index contributed by atoms with van der Waals surface area (Å²) in [5.74, 6) is -0.513. The van der Waals surface area contributed by atoms with Gasteiger partial charge >= 0.3 is 6.01 Å². The van der Waals surface area contributed by atoms with Crippen LogP contribution in [0.15, 0.2) is 59.1 Å². The maximum atomic E-state index is 12.9. The lowest BCUT2D eigenvalue weighted by atomic mass is 10.1. The summed E-state index contributed by atoms with van der Waals surface area (Å²) in [7, 11) is 0. The molecule has 128 valence electrons. The van der Waals surface area contributed by atoms with Crippen LogP contribution in [0.1, 0.15) is 21.9 Å². The van der Waals surface area contributed by atoms with Gasteiger partial charge in [0.05, 0.1) is 23.7 Å². The Balaban J connectivity index is 1.47. The molecule has 0 atom stereocenters. The van der Waals surface area contributed by atoms with Crippen molar-refractivity contribution in [3.05, 3.63) is 77.7 Å². The van der Waals surface area contributed by atoms with E-state index in [1.54, 1.807) is 18.2 Å². The number of hydrogen-bond donors (Lipinski definition) is 1. The van der Waals surface area contributed by atoms with E-state index in [1.165, 1.54) is 18.3 Å². The second kappa shape index (κ2) is 6.67. The molecule has 4 aromatic rings. The zero-order valence-corrected chi connectivity index (χ0v) is 13.4. The van der Waals surface area contributed by atoms with E-state index in [-0.39, 0.29) is 17.5 Å². The Bertz CT molecular complexity index is 1080. The molecule has 0 unspecified atom stereocenters. The monoisotopic (exact) mass is 349 g/mol. The number of aromatic nitrogens is 4. The third-order valence-electron chi connectivity index (χ3n) is 3.64. The van der Waals surface area contributed by atoms with E-state index >= 15 is 0 Å². The molecule has 0 saturated carbocycles. The molecule has 0 fully saturated rings. The first kappa shape index (κ1) is 15.8. The maximum Gasteiger partial charge on any atom is 0.322 e. The van der Waals surface area contributed by atoms with Gasteiger partial charge in [0.25, 0.3) is 5.91 Å². The number of nitrogens with zero attached hydrogens (tertiary/aromatic N) is 4. The molecule has 0 bridgehead atoms. The van der Waals surface area contributed by atoms with Crippen LogP contribution in [0.4, 0.5) is 10.4 Å². The highest BCUT2D eigenvalue weighted by Gasteiger charge is 2.14. The summed E-state index contributed by atoms with van der Waals surface area (Å²) in [5, 5.41) is 10.2. The number of benzene rings is 2. The predicted molar refractivity (Wildman–Crippen MR) is 91.0 cm³/mol. The van der Waals surface area contributed by atoms with Gasteiger partial charge in [-0.05, 0) is 29.8 Å². The molecule has 0 saturated heterocycles. The number of hydrogen-bond acceptors (Lipinski definition) is 6. The number of amides is 1. The first-order valence-corrected chi connectivity index (χ1v) is 7.77. The minimum absolute atomic E-state index is 0.0397. The molecule has 26 heavy (non-hydrogen) atoms. The largest absolute Gasteiger partial charge is 0.407 e. The van der Waals surface area contributed by atoms with Crippen molar-refractivity contribution in [1.29, 1.82) is 0 Å². The molecule has 1 amide bonds. The highest BCUT2D eigenvalue weighted by atomic mass is 19.1. The molecule has 0 aliphatic heterocycles. The van der Waals surface area contributed by atoms with Gasteiger partial charge in [-0.25, -0.2) is 9.37 Å². The average Bonchev–Trinajstić information content (AvgIpc) is 3.10. The van der Waals surface area contributed by atoms with Crippen molar-refractivity contribution in [1.82, 2.24) is 20.2 Å². The number of rotatable bonds is 4. The summed E-state index contributed by atoms with van der Waals surface area (Å²) in [6, 6.07) is 13.2. The van der Waals surface area contributed by atoms with Gasteiger partial charge < -0.3 is 4.42 Å². The van der Waals surface area contributed by atoms with Crippen molar-refractivity contribution >= 4 is 23.0 Å². The van der Waals surface area contributed by atoms with Crippen LogP contribution >= 0.6 is 0 Å². The quantitative estimate of drug-likeness (QED) is 0.609. The van der Waals surface area contributed by atoms with E-state index < -0.39 is 5.91 Å². The van der Waals surface area contributed by atoms with Crippen molar-refractivity contribution in [2.45, 2.75) is 6.42 Å². The van der Waals surface area contributed by atoms with E-state index in [0.29, 0.717) is 23.3 Å². The number of anilines is 1. The van der Waals surface area contributed by atoms with E-state index in [1.807, 2.05) is 18.2 Å². The molecule has 4 rings (SSSR count). The minimum Gasteiger partial charge on any atom is -0.407 e. The summed E-state index contributed by atoms with van der Waals surface area (Å²) in [6.45, 7) is 0. The van der Waals surface area contributed by atoms with Crippen LogP contribution in [0.3, 0.4) is 0 Å². The molecule has 0 aliphatic rings. The molecule has 0 aliphatic carbocycles. The van der Waals surface area contributed by atoms with E-state index in [0.717, 1.165) is 5.56 Å². The third kappa shape index (κ3) is 3.39. The molecule has 2 aromatic carbocycles.